The molecule has 0 radical (unpaired) electrons. The van der Waals surface area contributed by atoms with Crippen molar-refractivity contribution in [1.82, 2.24) is 0 Å². The Hall–Kier alpha value is -1.76. The maximum atomic E-state index is 12.5. The average molecular weight is 335 g/mol. The summed E-state index contributed by atoms with van der Waals surface area (Å²) in [6.45, 7) is 0. The normalized spacial score (nSPS) is 21.8. The number of unbranched alkanes of at least 4 members (excludes halogenated alkanes) is 1. The van der Waals surface area contributed by atoms with Crippen LogP contribution in [0.15, 0.2) is 36.4 Å². The van der Waals surface area contributed by atoms with Gasteiger partial charge in [0.05, 0.1) is 11.6 Å². The second-order valence-electron chi connectivity index (χ2n) is 6.71. The molecular formula is C20H24F3N. The van der Waals surface area contributed by atoms with Crippen molar-refractivity contribution < 1.29 is 13.2 Å². The molecule has 0 spiro atoms. The summed E-state index contributed by atoms with van der Waals surface area (Å²) in [5.74, 6) is 1.33. The number of nitrogens with zero attached hydrogens (tertiary/aromatic N) is 1. The summed E-state index contributed by atoms with van der Waals surface area (Å²) in [7, 11) is 0. The number of benzene rings is 1. The van der Waals surface area contributed by atoms with Crippen LogP contribution in [0.4, 0.5) is 13.2 Å². The Morgan fingerprint density at radius 2 is 1.71 bits per heavy atom. The minimum Gasteiger partial charge on any atom is -0.193 e. The fourth-order valence-electron chi connectivity index (χ4n) is 3.47. The van der Waals surface area contributed by atoms with E-state index in [1.54, 1.807) is 18.2 Å². The van der Waals surface area contributed by atoms with Crippen LogP contribution in [0.25, 0.3) is 0 Å². The van der Waals surface area contributed by atoms with E-state index >= 15 is 0 Å². The van der Waals surface area contributed by atoms with Gasteiger partial charge in [0.25, 0.3) is 0 Å². The van der Waals surface area contributed by atoms with E-state index in [9.17, 15) is 13.2 Å². The van der Waals surface area contributed by atoms with Crippen molar-refractivity contribution in [2.75, 3.05) is 0 Å². The summed E-state index contributed by atoms with van der Waals surface area (Å²) < 4.78 is 37.5. The molecule has 0 atom stereocenters. The smallest absolute Gasteiger partial charge is 0.193 e. The highest BCUT2D eigenvalue weighted by Crippen LogP contribution is 2.33. The van der Waals surface area contributed by atoms with Gasteiger partial charge in [0.1, 0.15) is 0 Å². The molecule has 1 aliphatic carbocycles. The number of hydrogen-bond donors (Lipinski definition) is 0. The van der Waals surface area contributed by atoms with E-state index in [4.69, 9.17) is 5.26 Å². The third kappa shape index (κ3) is 6.03. The molecule has 1 nitrogen and oxygen atoms in total. The number of allylic oxidation sites excluding steroid dienone is 2. The average Bonchev–Trinajstić information content (AvgIpc) is 2.57. The van der Waals surface area contributed by atoms with E-state index in [0.717, 1.165) is 30.7 Å². The van der Waals surface area contributed by atoms with Gasteiger partial charge in [-0.2, -0.15) is 18.4 Å². The van der Waals surface area contributed by atoms with Crippen molar-refractivity contribution in [1.29, 1.82) is 5.26 Å². The molecule has 1 saturated carbocycles. The van der Waals surface area contributed by atoms with Crippen molar-refractivity contribution in [2.45, 2.75) is 57.5 Å². The summed E-state index contributed by atoms with van der Waals surface area (Å²) in [5, 5.41) is 8.55. The van der Waals surface area contributed by atoms with Crippen LogP contribution in [0.1, 0.15) is 56.1 Å². The third-order valence-corrected chi connectivity index (χ3v) is 4.94. The van der Waals surface area contributed by atoms with E-state index in [-0.39, 0.29) is 0 Å². The largest absolute Gasteiger partial charge is 0.416 e. The number of rotatable bonds is 6. The lowest BCUT2D eigenvalue weighted by atomic mass is 9.79. The zero-order valence-electron chi connectivity index (χ0n) is 13.9. The van der Waals surface area contributed by atoms with E-state index in [0.29, 0.717) is 5.92 Å². The van der Waals surface area contributed by atoms with Crippen LogP contribution in [0.2, 0.25) is 0 Å². The van der Waals surface area contributed by atoms with Crippen molar-refractivity contribution in [2.24, 2.45) is 11.8 Å². The number of nitriles is 1. The lowest BCUT2D eigenvalue weighted by Crippen LogP contribution is -2.13. The number of aryl methyl sites for hydroxylation is 1. The SMILES string of the molecule is N#CC=C[C@H]1CC[C@H](CCCCc2ccc(C(F)(F)F)cc2)CC1. The van der Waals surface area contributed by atoms with E-state index in [2.05, 4.69) is 6.07 Å². The van der Waals surface area contributed by atoms with Crippen LogP contribution < -0.4 is 0 Å². The highest BCUT2D eigenvalue weighted by atomic mass is 19.4. The second-order valence-corrected chi connectivity index (χ2v) is 6.71. The van der Waals surface area contributed by atoms with Crippen LogP contribution in [-0.2, 0) is 12.6 Å². The van der Waals surface area contributed by atoms with Crippen molar-refractivity contribution >= 4 is 0 Å². The molecule has 0 amide bonds. The highest BCUT2D eigenvalue weighted by Gasteiger charge is 2.29. The molecule has 0 aromatic heterocycles. The van der Waals surface area contributed by atoms with Crippen molar-refractivity contribution in [3.8, 4) is 6.07 Å². The van der Waals surface area contributed by atoms with Gasteiger partial charge in [0, 0.05) is 6.08 Å². The minimum atomic E-state index is -4.25. The summed E-state index contributed by atoms with van der Waals surface area (Å²) in [6.07, 6.45) is 8.36. The quantitative estimate of drug-likeness (QED) is 0.442. The molecule has 0 N–H and O–H groups in total. The van der Waals surface area contributed by atoms with Gasteiger partial charge in [0.15, 0.2) is 0 Å². The van der Waals surface area contributed by atoms with Gasteiger partial charge >= 0.3 is 6.18 Å². The predicted octanol–water partition coefficient (Wildman–Crippen LogP) is 6.30. The van der Waals surface area contributed by atoms with Crippen LogP contribution in [0, 0.1) is 23.2 Å². The Bertz CT molecular complexity index is 558. The van der Waals surface area contributed by atoms with E-state index in [1.807, 2.05) is 6.08 Å². The first-order chi connectivity index (χ1) is 11.5. The van der Waals surface area contributed by atoms with Gasteiger partial charge < -0.3 is 0 Å². The van der Waals surface area contributed by atoms with Gasteiger partial charge in [-0.25, -0.2) is 0 Å². The molecule has 0 unspecified atom stereocenters. The molecular weight excluding hydrogens is 311 g/mol. The minimum absolute atomic E-state index is 0.563. The second kappa shape index (κ2) is 8.92. The zero-order valence-corrected chi connectivity index (χ0v) is 13.9. The lowest BCUT2D eigenvalue weighted by Gasteiger charge is -2.26. The van der Waals surface area contributed by atoms with Crippen LogP contribution >= 0.6 is 0 Å². The van der Waals surface area contributed by atoms with Gasteiger partial charge in [0.2, 0.25) is 0 Å². The lowest BCUT2D eigenvalue weighted by molar-refractivity contribution is -0.137. The highest BCUT2D eigenvalue weighted by molar-refractivity contribution is 5.24. The molecule has 24 heavy (non-hydrogen) atoms. The molecule has 1 aromatic carbocycles. The molecule has 4 heteroatoms. The zero-order chi connectivity index (χ0) is 17.4. The molecule has 1 aliphatic rings. The maximum Gasteiger partial charge on any atom is 0.416 e. The number of alkyl halides is 3. The summed E-state index contributed by atoms with van der Waals surface area (Å²) in [5.41, 5.74) is 0.404. The summed E-state index contributed by atoms with van der Waals surface area (Å²) in [6, 6.07) is 7.58. The van der Waals surface area contributed by atoms with Gasteiger partial charge in [-0.3, -0.25) is 0 Å². The summed E-state index contributed by atoms with van der Waals surface area (Å²) >= 11 is 0. The molecule has 1 fully saturated rings. The monoisotopic (exact) mass is 335 g/mol. The van der Waals surface area contributed by atoms with Crippen LogP contribution in [0.5, 0.6) is 0 Å². The first-order valence-corrected chi connectivity index (χ1v) is 8.71. The van der Waals surface area contributed by atoms with Crippen molar-refractivity contribution in [3.63, 3.8) is 0 Å². The Morgan fingerprint density at radius 1 is 1.04 bits per heavy atom. The van der Waals surface area contributed by atoms with Crippen LogP contribution in [0.3, 0.4) is 0 Å². The third-order valence-electron chi connectivity index (χ3n) is 4.94. The fourth-order valence-corrected chi connectivity index (χ4v) is 3.47. The molecule has 0 heterocycles. The topological polar surface area (TPSA) is 23.8 Å². The molecule has 130 valence electrons. The Morgan fingerprint density at radius 3 is 2.29 bits per heavy atom. The van der Waals surface area contributed by atoms with E-state index in [1.165, 1.54) is 44.2 Å². The molecule has 0 aliphatic heterocycles. The van der Waals surface area contributed by atoms with Gasteiger partial charge in [-0.1, -0.05) is 31.1 Å². The summed E-state index contributed by atoms with van der Waals surface area (Å²) in [4.78, 5) is 0. The Kier molecular flexibility index (Phi) is 6.90. The molecule has 0 bridgehead atoms. The number of halogens is 3. The van der Waals surface area contributed by atoms with E-state index < -0.39 is 11.7 Å². The Balaban J connectivity index is 1.64. The van der Waals surface area contributed by atoms with Crippen LogP contribution in [-0.4, -0.2) is 0 Å². The van der Waals surface area contributed by atoms with Gasteiger partial charge in [-0.15, -0.1) is 0 Å². The van der Waals surface area contributed by atoms with Gasteiger partial charge in [-0.05, 0) is 68.1 Å². The molecule has 0 saturated heterocycles. The first kappa shape index (κ1) is 18.6. The molecule has 2 rings (SSSR count). The maximum absolute atomic E-state index is 12.5. The molecule has 1 aromatic rings. The fraction of sp³-hybridized carbons (Fsp3) is 0.550. The van der Waals surface area contributed by atoms with Crippen molar-refractivity contribution in [3.05, 3.63) is 47.5 Å². The standard InChI is InChI=1S/C20H24F3N/c21-20(22,23)19-13-11-17(12-14-19)5-2-1-4-16-7-9-18(10-8-16)6-3-15-24/h3,6,11-14,16,18H,1-2,4-5,7-10H2/t16-,18-. The predicted molar refractivity (Wildman–Crippen MR) is 89.2 cm³/mol. The Labute approximate surface area is 142 Å². The number of hydrogen-bond acceptors (Lipinski definition) is 1. The first-order valence-electron chi connectivity index (χ1n) is 8.71.